The maximum absolute atomic E-state index is 8.74. The van der Waals surface area contributed by atoms with E-state index in [0.717, 1.165) is 34.4 Å². The summed E-state index contributed by atoms with van der Waals surface area (Å²) in [4.78, 5) is 14.3. The number of hydrogen-bond acceptors (Lipinski definition) is 3. The monoisotopic (exact) mass is 179 g/mol. The Balaban J connectivity index is 0. The molecule has 0 aliphatic rings. The van der Waals surface area contributed by atoms with Crippen LogP contribution in [-0.4, -0.2) is 52.7 Å². The molecule has 10 heavy (non-hydrogen) atoms. The summed E-state index contributed by atoms with van der Waals surface area (Å²) in [5.74, 6) is 0. The molecule has 0 saturated heterocycles. The molecule has 0 aromatic heterocycles. The summed E-state index contributed by atoms with van der Waals surface area (Å²) in [5, 5.41) is 8.18. The molecule has 0 aliphatic carbocycles. The molecule has 58 valence electrons. The van der Waals surface area contributed by atoms with Crippen molar-refractivity contribution in [3.63, 3.8) is 0 Å². The first kappa shape index (κ1) is 13.6. The van der Waals surface area contributed by atoms with Gasteiger partial charge in [-0.2, -0.15) is 0 Å². The first-order valence-corrected chi connectivity index (χ1v) is 5.24. The second kappa shape index (κ2) is 10.1. The molecule has 1 unspecified atom stereocenters. The maximum atomic E-state index is 8.74. The zero-order valence-corrected chi connectivity index (χ0v) is 8.82. The van der Waals surface area contributed by atoms with Gasteiger partial charge >= 0.3 is 63.3 Å². The molecule has 7 heteroatoms. The first-order chi connectivity index (χ1) is 4.50. The van der Waals surface area contributed by atoms with Gasteiger partial charge in [0.2, 0.25) is 0 Å². The topological polar surface area (TPSA) is 104 Å². The largest absolute Gasteiger partial charge is 0.326 e. The standard InChI is InChI=1S/C3H8NO.Na.H3O3P/c4-2-1-3-5;;1-4(2)3/h2,5H,1,3-4H2;;4H,(H2,1,2,3). The van der Waals surface area contributed by atoms with Crippen LogP contribution in [0.15, 0.2) is 0 Å². The fourth-order valence-corrected chi connectivity index (χ4v) is 0.462. The quantitative estimate of drug-likeness (QED) is 0.295. The van der Waals surface area contributed by atoms with Crippen molar-refractivity contribution >= 4 is 36.2 Å². The van der Waals surface area contributed by atoms with Crippen LogP contribution in [-0.2, 0) is 4.57 Å². The van der Waals surface area contributed by atoms with Crippen molar-refractivity contribution in [3.05, 3.63) is 0 Å². The van der Waals surface area contributed by atoms with Gasteiger partial charge < -0.3 is 9.79 Å². The van der Waals surface area contributed by atoms with E-state index in [1.54, 1.807) is 0 Å². The van der Waals surface area contributed by atoms with Crippen molar-refractivity contribution in [3.8, 4) is 0 Å². The molecule has 0 radical (unpaired) electrons. The number of hydrogen-bond donors (Lipinski definition) is 4. The summed E-state index contributed by atoms with van der Waals surface area (Å²) in [7, 11) is -3.13. The molecule has 0 spiro atoms. The second-order valence-corrected chi connectivity index (χ2v) is 3.82. The summed E-state index contributed by atoms with van der Waals surface area (Å²) in [6.45, 7) is 0.241. The molecule has 1 atom stereocenters. The minimum absolute atomic E-state index is 0.241. The summed E-state index contributed by atoms with van der Waals surface area (Å²) >= 11 is 0.996. The van der Waals surface area contributed by atoms with E-state index >= 15 is 0 Å². The van der Waals surface area contributed by atoms with Crippen LogP contribution in [0.4, 0.5) is 0 Å². The van der Waals surface area contributed by atoms with Crippen molar-refractivity contribution in [1.29, 1.82) is 0 Å². The zero-order valence-electron chi connectivity index (χ0n) is 5.82. The molecule has 0 bridgehead atoms. The Kier molecular flexibility index (Phi) is 13.7. The van der Waals surface area contributed by atoms with Crippen LogP contribution in [0.2, 0.25) is 0 Å². The van der Waals surface area contributed by atoms with Gasteiger partial charge in [-0.05, 0) is 0 Å². The van der Waals surface area contributed by atoms with E-state index in [0.29, 0.717) is 0 Å². The van der Waals surface area contributed by atoms with E-state index in [4.69, 9.17) is 25.2 Å². The number of nitrogens with two attached hydrogens (primary N) is 1. The third-order valence-corrected chi connectivity index (χ3v) is 1.16. The Bertz CT molecular complexity index is 86.6. The van der Waals surface area contributed by atoms with E-state index in [1.807, 2.05) is 0 Å². The minimum Gasteiger partial charge on any atom is -0.326 e. The van der Waals surface area contributed by atoms with Crippen molar-refractivity contribution in [2.24, 2.45) is 5.73 Å². The Hall–Kier alpha value is 1.07. The second-order valence-electron chi connectivity index (χ2n) is 1.77. The molecule has 0 fully saturated rings. The van der Waals surface area contributed by atoms with Crippen LogP contribution in [0.1, 0.15) is 6.42 Å². The molecule has 0 heterocycles. The summed E-state index contributed by atoms with van der Waals surface area (Å²) in [6.07, 6.45) is 0.770. The van der Waals surface area contributed by atoms with Crippen LogP contribution in [0.25, 0.3) is 0 Å². The van der Waals surface area contributed by atoms with Crippen LogP contribution < -0.4 is 5.73 Å². The van der Waals surface area contributed by atoms with E-state index < -0.39 is 8.25 Å². The molecule has 0 aliphatic heterocycles. The van der Waals surface area contributed by atoms with Gasteiger partial charge in [-0.1, -0.05) is 0 Å². The summed E-state index contributed by atoms with van der Waals surface area (Å²) in [6, 6.07) is 0. The Labute approximate surface area is 77.6 Å². The van der Waals surface area contributed by atoms with Gasteiger partial charge in [0.25, 0.3) is 0 Å². The maximum Gasteiger partial charge on any atom is 0.314 e. The Morgan fingerprint density at radius 2 is 1.90 bits per heavy atom. The Morgan fingerprint density at radius 1 is 1.60 bits per heavy atom. The van der Waals surface area contributed by atoms with Crippen molar-refractivity contribution < 1.29 is 19.5 Å². The molecule has 0 amide bonds. The van der Waals surface area contributed by atoms with E-state index in [9.17, 15) is 0 Å². The zero-order chi connectivity index (χ0) is 8.57. The number of aliphatic hydroxyl groups is 1. The number of aliphatic hydroxyl groups excluding tert-OH is 1. The van der Waals surface area contributed by atoms with Gasteiger partial charge in [0.05, 0.1) is 0 Å². The SMILES string of the molecule is N[CH]([Na])CCO.O=[PH](O)O. The fraction of sp³-hybridized carbons (Fsp3) is 1.00. The Morgan fingerprint density at radius 3 is 1.90 bits per heavy atom. The van der Waals surface area contributed by atoms with Crippen molar-refractivity contribution in [1.82, 2.24) is 0 Å². The van der Waals surface area contributed by atoms with Crippen molar-refractivity contribution in [2.75, 3.05) is 6.61 Å². The van der Waals surface area contributed by atoms with Crippen LogP contribution >= 0.6 is 8.25 Å². The molecule has 5 nitrogen and oxygen atoms in total. The van der Waals surface area contributed by atoms with Gasteiger partial charge in [0.1, 0.15) is 0 Å². The smallest absolute Gasteiger partial charge is 0.314 e. The molecular formula is C3H11NNaO4P. The van der Waals surface area contributed by atoms with Gasteiger partial charge in [0.15, 0.2) is 0 Å². The van der Waals surface area contributed by atoms with Gasteiger partial charge in [-0.25, -0.2) is 0 Å². The van der Waals surface area contributed by atoms with Crippen LogP contribution in [0.3, 0.4) is 0 Å². The first-order valence-electron chi connectivity index (χ1n) is 2.79. The average molecular weight is 179 g/mol. The molecule has 0 rings (SSSR count). The predicted octanol–water partition coefficient (Wildman–Crippen LogP) is -1.82. The third kappa shape index (κ3) is 35.7. The molecular weight excluding hydrogens is 168 g/mol. The van der Waals surface area contributed by atoms with Gasteiger partial charge in [0, 0.05) is 0 Å². The minimum atomic E-state index is -3.13. The normalized spacial score (nSPS) is 12.3. The fourth-order valence-electron chi connectivity index (χ4n) is 0.204. The average Bonchev–Trinajstić information content (AvgIpc) is 1.62. The predicted molar refractivity (Wildman–Crippen MR) is 38.9 cm³/mol. The van der Waals surface area contributed by atoms with E-state index in [-0.39, 0.29) is 9.90 Å². The summed E-state index contributed by atoms with van der Waals surface area (Å²) in [5.41, 5.74) is 5.30. The van der Waals surface area contributed by atoms with Crippen LogP contribution in [0, 0.1) is 0 Å². The van der Waals surface area contributed by atoms with Gasteiger partial charge in [-0.3, -0.25) is 4.57 Å². The molecule has 0 saturated carbocycles. The van der Waals surface area contributed by atoms with E-state index in [1.165, 1.54) is 0 Å². The van der Waals surface area contributed by atoms with Crippen molar-refractivity contribution in [2.45, 2.75) is 9.71 Å². The molecule has 5 N–H and O–H groups in total. The third-order valence-electron chi connectivity index (χ3n) is 0.584. The summed E-state index contributed by atoms with van der Waals surface area (Å²) < 4.78 is 9.03. The van der Waals surface area contributed by atoms with E-state index in [2.05, 4.69) is 0 Å². The number of rotatable bonds is 2. The molecule has 0 aromatic rings. The van der Waals surface area contributed by atoms with Crippen LogP contribution in [0.5, 0.6) is 0 Å². The van der Waals surface area contributed by atoms with Gasteiger partial charge in [-0.15, -0.1) is 0 Å². The molecule has 0 aromatic carbocycles.